The maximum Gasteiger partial charge on any atom is 0.240 e. The van der Waals surface area contributed by atoms with Crippen molar-refractivity contribution >= 4 is 21.1 Å². The molecule has 0 bridgehead atoms. The Bertz CT molecular complexity index is 573. The van der Waals surface area contributed by atoms with E-state index in [-0.39, 0.29) is 4.86 Å². The maximum atomic E-state index is 11.4. The molecule has 1 heterocycles. The molecule has 1 amide bonds. The first kappa shape index (κ1) is 12.8. The van der Waals surface area contributed by atoms with Crippen LogP contribution >= 0.6 is 0 Å². The third kappa shape index (κ3) is 2.60. The summed E-state index contributed by atoms with van der Waals surface area (Å²) in [6.07, 6.45) is 0.372. The van der Waals surface area contributed by atoms with E-state index < -0.39 is 22.2 Å². The number of rotatable bonds is 3. The lowest BCUT2D eigenvalue weighted by Gasteiger charge is -2.21. The van der Waals surface area contributed by atoms with Crippen LogP contribution in [0.25, 0.3) is 0 Å². The third-order valence-electron chi connectivity index (χ3n) is 3.03. The summed E-state index contributed by atoms with van der Waals surface area (Å²) < 4.78 is 22.1. The first-order valence-corrected chi connectivity index (χ1v) is 6.69. The van der Waals surface area contributed by atoms with Crippen LogP contribution < -0.4 is 5.73 Å². The first-order chi connectivity index (χ1) is 8.59. The van der Waals surface area contributed by atoms with E-state index in [1.807, 2.05) is 30.3 Å². The average molecular weight is 266 g/mol. The molecule has 1 aromatic carbocycles. The molecule has 1 fully saturated rings. The van der Waals surface area contributed by atoms with Crippen LogP contribution in [0.2, 0.25) is 0 Å². The van der Waals surface area contributed by atoms with Gasteiger partial charge in [-0.05, 0) is 12.0 Å². The lowest BCUT2D eigenvalue weighted by molar-refractivity contribution is -0.120. The molecule has 0 saturated carbocycles. The van der Waals surface area contributed by atoms with Crippen molar-refractivity contribution in [3.8, 4) is 0 Å². The fraction of sp³-hybridized carbons (Fsp3) is 0.333. The minimum Gasteiger partial charge on any atom is -0.368 e. The number of nitrogens with zero attached hydrogens (tertiary/aromatic N) is 1. The van der Waals surface area contributed by atoms with Gasteiger partial charge in [-0.2, -0.15) is 8.42 Å². The Labute approximate surface area is 107 Å². The van der Waals surface area contributed by atoms with Gasteiger partial charge in [-0.15, -0.1) is 0 Å². The molecule has 2 N–H and O–H groups in total. The van der Waals surface area contributed by atoms with E-state index in [0.29, 0.717) is 19.5 Å². The lowest BCUT2D eigenvalue weighted by atomic mass is 10.2. The van der Waals surface area contributed by atoms with Crippen molar-refractivity contribution in [3.63, 3.8) is 0 Å². The van der Waals surface area contributed by atoms with Crippen molar-refractivity contribution in [3.05, 3.63) is 35.9 Å². The summed E-state index contributed by atoms with van der Waals surface area (Å²) in [5.74, 6) is -0.609. The SMILES string of the molecule is NC(=O)[C@H]1C(=S(=O)=O)CCN1Cc1ccccc1. The van der Waals surface area contributed by atoms with Crippen molar-refractivity contribution in [2.75, 3.05) is 6.54 Å². The van der Waals surface area contributed by atoms with E-state index in [1.165, 1.54) is 0 Å². The molecule has 0 spiro atoms. The molecule has 6 heteroatoms. The van der Waals surface area contributed by atoms with Crippen LogP contribution in [-0.2, 0) is 21.6 Å². The quantitative estimate of drug-likeness (QED) is 0.768. The smallest absolute Gasteiger partial charge is 0.240 e. The fourth-order valence-corrected chi connectivity index (χ4v) is 2.93. The second kappa shape index (κ2) is 5.32. The molecule has 1 aliphatic rings. The second-order valence-electron chi connectivity index (χ2n) is 4.21. The Morgan fingerprint density at radius 1 is 1.33 bits per heavy atom. The maximum absolute atomic E-state index is 11.4. The number of likely N-dealkylation sites (tertiary alicyclic amines) is 1. The van der Waals surface area contributed by atoms with Gasteiger partial charge in [-0.25, -0.2) is 0 Å². The second-order valence-corrected chi connectivity index (χ2v) is 5.21. The third-order valence-corrected chi connectivity index (χ3v) is 3.88. The number of benzene rings is 1. The zero-order valence-corrected chi connectivity index (χ0v) is 10.6. The molecular weight excluding hydrogens is 252 g/mol. The van der Waals surface area contributed by atoms with Gasteiger partial charge in [0.1, 0.15) is 6.04 Å². The van der Waals surface area contributed by atoms with Crippen molar-refractivity contribution in [2.24, 2.45) is 5.73 Å². The number of amides is 1. The van der Waals surface area contributed by atoms with Gasteiger partial charge < -0.3 is 5.73 Å². The van der Waals surface area contributed by atoms with Crippen LogP contribution in [0.3, 0.4) is 0 Å². The number of hydrogen-bond acceptors (Lipinski definition) is 4. The number of carbonyl (C=O) groups excluding carboxylic acids is 1. The van der Waals surface area contributed by atoms with Gasteiger partial charge in [0, 0.05) is 13.1 Å². The highest BCUT2D eigenvalue weighted by Gasteiger charge is 2.35. The van der Waals surface area contributed by atoms with Gasteiger partial charge >= 0.3 is 0 Å². The van der Waals surface area contributed by atoms with E-state index in [0.717, 1.165) is 5.56 Å². The standard InChI is InChI=1S/C12H14N2O3S/c13-12(15)11-10(18(16)17)6-7-14(11)8-9-4-2-1-3-5-9/h1-5,11H,6-8H2,(H2,13,15)/t11-/m1/s1. The van der Waals surface area contributed by atoms with Gasteiger partial charge in [0.15, 0.2) is 0 Å². The van der Waals surface area contributed by atoms with Gasteiger partial charge in [-0.3, -0.25) is 9.69 Å². The fourth-order valence-electron chi connectivity index (χ4n) is 2.22. The molecule has 0 unspecified atom stereocenters. The summed E-state index contributed by atoms with van der Waals surface area (Å²) >= 11 is 0. The van der Waals surface area contributed by atoms with Gasteiger partial charge in [0.2, 0.25) is 16.2 Å². The van der Waals surface area contributed by atoms with E-state index in [1.54, 1.807) is 4.90 Å². The van der Waals surface area contributed by atoms with E-state index in [4.69, 9.17) is 5.73 Å². The normalized spacial score (nSPS) is 20.0. The van der Waals surface area contributed by atoms with Gasteiger partial charge in [0.25, 0.3) is 0 Å². The van der Waals surface area contributed by atoms with Crippen molar-refractivity contribution < 1.29 is 13.2 Å². The van der Waals surface area contributed by atoms with Crippen LogP contribution in [0.1, 0.15) is 12.0 Å². The van der Waals surface area contributed by atoms with Crippen molar-refractivity contribution in [1.82, 2.24) is 4.90 Å². The molecule has 0 aromatic heterocycles. The van der Waals surface area contributed by atoms with Crippen LogP contribution in [0, 0.1) is 0 Å². The zero-order valence-electron chi connectivity index (χ0n) is 9.74. The molecule has 5 nitrogen and oxygen atoms in total. The number of hydrogen-bond donors (Lipinski definition) is 1. The Balaban J connectivity index is 2.25. The number of carbonyl (C=O) groups is 1. The summed E-state index contributed by atoms with van der Waals surface area (Å²) in [6, 6.07) is 8.78. The molecule has 1 aromatic rings. The van der Waals surface area contributed by atoms with E-state index in [2.05, 4.69) is 0 Å². The molecule has 0 radical (unpaired) electrons. The van der Waals surface area contributed by atoms with Crippen molar-refractivity contribution in [2.45, 2.75) is 19.0 Å². The minimum atomic E-state index is -2.35. The summed E-state index contributed by atoms with van der Waals surface area (Å²) in [4.78, 5) is 13.4. The number of nitrogens with two attached hydrogens (primary N) is 1. The Hall–Kier alpha value is -1.66. The van der Waals surface area contributed by atoms with E-state index >= 15 is 0 Å². The average Bonchev–Trinajstić information content (AvgIpc) is 2.74. The summed E-state index contributed by atoms with van der Waals surface area (Å²) in [7, 11) is -2.35. The summed E-state index contributed by atoms with van der Waals surface area (Å²) in [6.45, 7) is 1.06. The number of primary amides is 1. The monoisotopic (exact) mass is 266 g/mol. The van der Waals surface area contributed by atoms with Crippen LogP contribution in [0.4, 0.5) is 0 Å². The Kier molecular flexibility index (Phi) is 3.78. The van der Waals surface area contributed by atoms with Crippen LogP contribution in [-0.4, -0.2) is 36.7 Å². The zero-order chi connectivity index (χ0) is 13.1. The summed E-state index contributed by atoms with van der Waals surface area (Å²) in [5, 5.41) is 0. The van der Waals surface area contributed by atoms with Gasteiger partial charge in [-0.1, -0.05) is 30.3 Å². The highest BCUT2D eigenvalue weighted by Crippen LogP contribution is 2.17. The summed E-state index contributed by atoms with van der Waals surface area (Å²) in [5.41, 5.74) is 6.32. The molecule has 1 atom stereocenters. The van der Waals surface area contributed by atoms with Crippen molar-refractivity contribution in [1.29, 1.82) is 0 Å². The highest BCUT2D eigenvalue weighted by molar-refractivity contribution is 7.73. The molecule has 1 aliphatic heterocycles. The van der Waals surface area contributed by atoms with Gasteiger partial charge in [0.05, 0.1) is 4.86 Å². The minimum absolute atomic E-state index is 0.193. The Morgan fingerprint density at radius 2 is 2.00 bits per heavy atom. The highest BCUT2D eigenvalue weighted by atomic mass is 32.2. The molecule has 0 aliphatic carbocycles. The van der Waals surface area contributed by atoms with Crippen LogP contribution in [0.15, 0.2) is 30.3 Å². The lowest BCUT2D eigenvalue weighted by Crippen LogP contribution is -2.43. The topological polar surface area (TPSA) is 80.5 Å². The van der Waals surface area contributed by atoms with E-state index in [9.17, 15) is 13.2 Å². The predicted octanol–water partition coefficient (Wildman–Crippen LogP) is -0.202. The largest absolute Gasteiger partial charge is 0.368 e. The molecular formula is C12H14N2O3S. The Morgan fingerprint density at radius 3 is 2.56 bits per heavy atom. The predicted molar refractivity (Wildman–Crippen MR) is 68.4 cm³/mol. The molecule has 2 rings (SSSR count). The molecule has 18 heavy (non-hydrogen) atoms. The first-order valence-electron chi connectivity index (χ1n) is 5.62. The van der Waals surface area contributed by atoms with Crippen LogP contribution in [0.5, 0.6) is 0 Å². The molecule has 96 valence electrons. The molecule has 1 saturated heterocycles.